The van der Waals surface area contributed by atoms with Crippen molar-refractivity contribution in [1.29, 1.82) is 0 Å². The molecule has 1 rings (SSSR count). The van der Waals surface area contributed by atoms with Gasteiger partial charge in [0.25, 0.3) is 0 Å². The second kappa shape index (κ2) is 6.86. The van der Waals surface area contributed by atoms with Gasteiger partial charge in [-0.1, -0.05) is 13.8 Å². The zero-order valence-electron chi connectivity index (χ0n) is 10.8. The van der Waals surface area contributed by atoms with E-state index in [2.05, 4.69) is 36.4 Å². The molecule has 1 unspecified atom stereocenters. The second-order valence-electron chi connectivity index (χ2n) is 5.16. The normalized spacial score (nSPS) is 21.6. The van der Waals surface area contributed by atoms with Crippen molar-refractivity contribution in [2.45, 2.75) is 32.7 Å². The van der Waals surface area contributed by atoms with Crippen LogP contribution in [0.3, 0.4) is 0 Å². The highest BCUT2D eigenvalue weighted by Crippen LogP contribution is 2.05. The van der Waals surface area contributed by atoms with Crippen LogP contribution in [0.5, 0.6) is 0 Å². The van der Waals surface area contributed by atoms with Gasteiger partial charge in [0.15, 0.2) is 0 Å². The van der Waals surface area contributed by atoms with Crippen molar-refractivity contribution in [3.05, 3.63) is 0 Å². The molecule has 0 aromatic carbocycles. The van der Waals surface area contributed by atoms with E-state index in [1.54, 1.807) is 0 Å². The molecule has 1 heterocycles. The van der Waals surface area contributed by atoms with Crippen LogP contribution in [0.4, 0.5) is 0 Å². The van der Waals surface area contributed by atoms with E-state index in [4.69, 9.17) is 0 Å². The predicted molar refractivity (Wildman–Crippen MR) is 66.4 cm³/mol. The van der Waals surface area contributed by atoms with Gasteiger partial charge >= 0.3 is 0 Å². The Morgan fingerprint density at radius 2 is 2.25 bits per heavy atom. The lowest BCUT2D eigenvalue weighted by molar-refractivity contribution is -0.120. The molecule has 0 spiro atoms. The number of likely N-dealkylation sites (N-methyl/N-ethyl adjacent to an activating group) is 1. The summed E-state index contributed by atoms with van der Waals surface area (Å²) in [4.78, 5) is 13.8. The Bertz CT molecular complexity index is 218. The number of likely N-dealkylation sites (tertiary alicyclic amines) is 1. The molecule has 1 saturated heterocycles. The van der Waals surface area contributed by atoms with E-state index in [1.165, 1.54) is 0 Å². The lowest BCUT2D eigenvalue weighted by Crippen LogP contribution is -2.40. The van der Waals surface area contributed by atoms with Crippen molar-refractivity contribution in [3.8, 4) is 0 Å². The van der Waals surface area contributed by atoms with Crippen LogP contribution in [-0.4, -0.2) is 50.1 Å². The molecule has 4 heteroatoms. The molecule has 1 fully saturated rings. The highest BCUT2D eigenvalue weighted by molar-refractivity contribution is 5.77. The summed E-state index contributed by atoms with van der Waals surface area (Å²) in [6.07, 6.45) is 2.20. The minimum absolute atomic E-state index is 0.121. The summed E-state index contributed by atoms with van der Waals surface area (Å²) < 4.78 is 0. The molecule has 0 saturated carbocycles. The van der Waals surface area contributed by atoms with Crippen molar-refractivity contribution in [2.24, 2.45) is 5.92 Å². The molecule has 1 atom stereocenters. The molecule has 0 aromatic rings. The van der Waals surface area contributed by atoms with Gasteiger partial charge in [0, 0.05) is 19.1 Å². The standard InChI is InChI=1S/C12H25N3O/c1-10(2)4-6-13-12(16)8-14-11-5-7-15(3)9-11/h10-11,14H,4-9H2,1-3H3,(H,13,16). The first-order valence-electron chi connectivity index (χ1n) is 6.26. The van der Waals surface area contributed by atoms with Crippen LogP contribution in [-0.2, 0) is 4.79 Å². The Morgan fingerprint density at radius 1 is 1.50 bits per heavy atom. The highest BCUT2D eigenvalue weighted by Gasteiger charge is 2.19. The molecule has 2 N–H and O–H groups in total. The summed E-state index contributed by atoms with van der Waals surface area (Å²) >= 11 is 0. The molecular formula is C12H25N3O. The minimum atomic E-state index is 0.121. The van der Waals surface area contributed by atoms with Crippen LogP contribution in [0.2, 0.25) is 0 Å². The summed E-state index contributed by atoms with van der Waals surface area (Å²) in [6.45, 7) is 7.77. The van der Waals surface area contributed by atoms with E-state index in [0.29, 0.717) is 18.5 Å². The number of hydrogen-bond donors (Lipinski definition) is 2. The molecule has 0 radical (unpaired) electrons. The summed E-state index contributed by atoms with van der Waals surface area (Å²) in [5, 5.41) is 6.23. The van der Waals surface area contributed by atoms with Crippen molar-refractivity contribution < 1.29 is 4.79 Å². The number of rotatable bonds is 6. The molecule has 1 aliphatic heterocycles. The number of nitrogens with one attached hydrogen (secondary N) is 2. The van der Waals surface area contributed by atoms with Crippen molar-refractivity contribution in [2.75, 3.05) is 33.2 Å². The fourth-order valence-corrected chi connectivity index (χ4v) is 1.90. The fraction of sp³-hybridized carbons (Fsp3) is 0.917. The summed E-state index contributed by atoms with van der Waals surface area (Å²) in [5.74, 6) is 0.770. The van der Waals surface area contributed by atoms with Gasteiger partial charge in [0.05, 0.1) is 6.54 Å². The van der Waals surface area contributed by atoms with E-state index < -0.39 is 0 Å². The number of hydrogen-bond acceptors (Lipinski definition) is 3. The van der Waals surface area contributed by atoms with Crippen molar-refractivity contribution in [1.82, 2.24) is 15.5 Å². The molecular weight excluding hydrogens is 202 g/mol. The smallest absolute Gasteiger partial charge is 0.233 e. The minimum Gasteiger partial charge on any atom is -0.355 e. The van der Waals surface area contributed by atoms with Gasteiger partial charge in [0.1, 0.15) is 0 Å². The summed E-state index contributed by atoms with van der Waals surface area (Å²) in [5.41, 5.74) is 0. The Kier molecular flexibility index (Phi) is 5.77. The number of amides is 1. The third-order valence-corrected chi connectivity index (χ3v) is 2.99. The second-order valence-corrected chi connectivity index (χ2v) is 5.16. The van der Waals surface area contributed by atoms with Gasteiger partial charge in [-0.3, -0.25) is 4.79 Å². The van der Waals surface area contributed by atoms with Gasteiger partial charge in [-0.05, 0) is 32.4 Å². The first kappa shape index (κ1) is 13.5. The van der Waals surface area contributed by atoms with Crippen LogP contribution in [0, 0.1) is 5.92 Å². The zero-order chi connectivity index (χ0) is 12.0. The van der Waals surface area contributed by atoms with E-state index in [-0.39, 0.29) is 5.91 Å². The number of carbonyl (C=O) groups is 1. The summed E-state index contributed by atoms with van der Waals surface area (Å²) in [7, 11) is 2.12. The van der Waals surface area contributed by atoms with Crippen LogP contribution >= 0.6 is 0 Å². The molecule has 0 aliphatic carbocycles. The van der Waals surface area contributed by atoms with E-state index in [9.17, 15) is 4.79 Å². The number of carbonyl (C=O) groups excluding carboxylic acids is 1. The molecule has 0 aromatic heterocycles. The molecule has 4 nitrogen and oxygen atoms in total. The van der Waals surface area contributed by atoms with E-state index in [0.717, 1.165) is 32.5 Å². The monoisotopic (exact) mass is 227 g/mol. The highest BCUT2D eigenvalue weighted by atomic mass is 16.1. The average molecular weight is 227 g/mol. The molecule has 16 heavy (non-hydrogen) atoms. The van der Waals surface area contributed by atoms with Gasteiger partial charge in [0.2, 0.25) is 5.91 Å². The number of nitrogens with zero attached hydrogens (tertiary/aromatic N) is 1. The topological polar surface area (TPSA) is 44.4 Å². The van der Waals surface area contributed by atoms with Crippen molar-refractivity contribution >= 4 is 5.91 Å². The summed E-state index contributed by atoms with van der Waals surface area (Å²) in [6, 6.07) is 0.487. The quantitative estimate of drug-likeness (QED) is 0.692. The first-order chi connectivity index (χ1) is 7.58. The Hall–Kier alpha value is -0.610. The molecule has 1 aliphatic rings. The van der Waals surface area contributed by atoms with Crippen LogP contribution < -0.4 is 10.6 Å². The maximum absolute atomic E-state index is 11.5. The van der Waals surface area contributed by atoms with Gasteiger partial charge < -0.3 is 15.5 Å². The van der Waals surface area contributed by atoms with E-state index >= 15 is 0 Å². The third kappa shape index (κ3) is 5.47. The van der Waals surface area contributed by atoms with Gasteiger partial charge in [-0.15, -0.1) is 0 Å². The molecule has 1 amide bonds. The van der Waals surface area contributed by atoms with Crippen LogP contribution in [0.25, 0.3) is 0 Å². The molecule has 94 valence electrons. The maximum atomic E-state index is 11.5. The van der Waals surface area contributed by atoms with Crippen molar-refractivity contribution in [3.63, 3.8) is 0 Å². The Morgan fingerprint density at radius 3 is 2.81 bits per heavy atom. The van der Waals surface area contributed by atoms with E-state index in [1.807, 2.05) is 0 Å². The third-order valence-electron chi connectivity index (χ3n) is 2.99. The van der Waals surface area contributed by atoms with Gasteiger partial charge in [-0.25, -0.2) is 0 Å². The van der Waals surface area contributed by atoms with Gasteiger partial charge in [-0.2, -0.15) is 0 Å². The maximum Gasteiger partial charge on any atom is 0.233 e. The predicted octanol–water partition coefficient (Wildman–Crippen LogP) is 0.442. The Labute approximate surface area is 98.8 Å². The lowest BCUT2D eigenvalue weighted by Gasteiger charge is -2.13. The lowest BCUT2D eigenvalue weighted by atomic mass is 10.1. The Balaban J connectivity index is 2.02. The fourth-order valence-electron chi connectivity index (χ4n) is 1.90. The first-order valence-corrected chi connectivity index (χ1v) is 6.26. The SMILES string of the molecule is CC(C)CCNC(=O)CNC1CCN(C)C1. The average Bonchev–Trinajstić information content (AvgIpc) is 2.61. The van der Waals surface area contributed by atoms with Crippen LogP contribution in [0.15, 0.2) is 0 Å². The zero-order valence-corrected chi connectivity index (χ0v) is 10.8. The van der Waals surface area contributed by atoms with Crippen LogP contribution in [0.1, 0.15) is 26.7 Å². The largest absolute Gasteiger partial charge is 0.355 e. The molecule has 0 bridgehead atoms.